The van der Waals surface area contributed by atoms with Crippen molar-refractivity contribution < 1.29 is 4.74 Å². The van der Waals surface area contributed by atoms with Gasteiger partial charge in [0.2, 0.25) is 0 Å². The van der Waals surface area contributed by atoms with Crippen molar-refractivity contribution in [3.05, 3.63) is 54.4 Å². The van der Waals surface area contributed by atoms with Crippen molar-refractivity contribution in [3.63, 3.8) is 0 Å². The molecule has 0 amide bonds. The molecular weight excluding hydrogens is 310 g/mol. The highest BCUT2D eigenvalue weighted by Gasteiger charge is 2.12. The quantitative estimate of drug-likeness (QED) is 0.645. The second-order valence-corrected chi connectivity index (χ2v) is 5.37. The lowest BCUT2D eigenvalue weighted by atomic mass is 10.2. The van der Waals surface area contributed by atoms with Gasteiger partial charge in [0.15, 0.2) is 0 Å². The number of benzene rings is 2. The van der Waals surface area contributed by atoms with Gasteiger partial charge in [-0.15, -0.1) is 11.6 Å². The summed E-state index contributed by atoms with van der Waals surface area (Å²) < 4.78 is 5.49. The third kappa shape index (κ3) is 3.22. The maximum absolute atomic E-state index is 5.95. The monoisotopic (exact) mass is 327 g/mol. The fourth-order valence-corrected chi connectivity index (χ4v) is 2.60. The molecule has 0 atom stereocenters. The zero-order valence-electron chi connectivity index (χ0n) is 13.2. The van der Waals surface area contributed by atoms with Gasteiger partial charge in [-0.25, -0.2) is 9.97 Å². The average Bonchev–Trinajstić information content (AvgIpc) is 2.61. The number of fused-ring (bicyclic) bond motifs is 1. The number of hydrogen-bond donors (Lipinski definition) is 0. The molecular formula is C18H18ClN3O. The first-order valence-electron chi connectivity index (χ1n) is 7.51. The highest BCUT2D eigenvalue weighted by atomic mass is 35.5. The van der Waals surface area contributed by atoms with Gasteiger partial charge in [-0.05, 0) is 43.3 Å². The summed E-state index contributed by atoms with van der Waals surface area (Å²) in [5.74, 6) is 2.61. The molecule has 0 bridgehead atoms. The molecule has 0 spiro atoms. The van der Waals surface area contributed by atoms with Crippen LogP contribution in [0.25, 0.3) is 10.9 Å². The van der Waals surface area contributed by atoms with Gasteiger partial charge in [-0.3, -0.25) is 0 Å². The van der Waals surface area contributed by atoms with Crippen LogP contribution >= 0.6 is 11.6 Å². The zero-order chi connectivity index (χ0) is 16.2. The lowest BCUT2D eigenvalue weighted by Gasteiger charge is -2.21. The molecule has 3 rings (SSSR count). The molecule has 0 saturated carbocycles. The Hall–Kier alpha value is -2.33. The van der Waals surface area contributed by atoms with Gasteiger partial charge in [-0.2, -0.15) is 0 Å². The van der Waals surface area contributed by atoms with Crippen LogP contribution in [0.3, 0.4) is 0 Å². The summed E-state index contributed by atoms with van der Waals surface area (Å²) >= 11 is 5.95. The molecule has 5 heteroatoms. The summed E-state index contributed by atoms with van der Waals surface area (Å²) in [6.45, 7) is 2.63. The Morgan fingerprint density at radius 3 is 2.48 bits per heavy atom. The molecule has 0 aliphatic rings. The summed E-state index contributed by atoms with van der Waals surface area (Å²) in [4.78, 5) is 11.1. The summed E-state index contributed by atoms with van der Waals surface area (Å²) in [6.07, 6.45) is 0. The summed E-state index contributed by atoms with van der Waals surface area (Å²) in [5, 5.41) is 0.998. The lowest BCUT2D eigenvalue weighted by Crippen LogP contribution is -2.13. The first-order chi connectivity index (χ1) is 11.2. The van der Waals surface area contributed by atoms with Gasteiger partial charge < -0.3 is 9.64 Å². The van der Waals surface area contributed by atoms with Crippen LogP contribution in [0, 0.1) is 0 Å². The van der Waals surface area contributed by atoms with Gasteiger partial charge in [0.25, 0.3) is 0 Å². The number of para-hydroxylation sites is 1. The number of alkyl halides is 1. The Kier molecular flexibility index (Phi) is 4.63. The van der Waals surface area contributed by atoms with Crippen LogP contribution in [-0.2, 0) is 5.88 Å². The standard InChI is InChI=1S/C18H18ClN3O/c1-3-23-14-10-8-13(9-11-14)22(2)18-15-6-4-5-7-16(15)20-17(12-19)21-18/h4-11H,3,12H2,1-2H3. The van der Waals surface area contributed by atoms with Crippen LogP contribution in [-0.4, -0.2) is 23.6 Å². The van der Waals surface area contributed by atoms with E-state index in [1.165, 1.54) is 0 Å². The molecule has 0 N–H and O–H groups in total. The molecule has 23 heavy (non-hydrogen) atoms. The Bertz CT molecular complexity index is 805. The van der Waals surface area contributed by atoms with Crippen molar-refractivity contribution in [1.29, 1.82) is 0 Å². The fourth-order valence-electron chi connectivity index (χ4n) is 2.48. The minimum Gasteiger partial charge on any atom is -0.494 e. The highest BCUT2D eigenvalue weighted by molar-refractivity contribution is 6.16. The minimum absolute atomic E-state index is 0.287. The Morgan fingerprint density at radius 2 is 1.78 bits per heavy atom. The van der Waals surface area contributed by atoms with E-state index in [2.05, 4.69) is 9.97 Å². The van der Waals surface area contributed by atoms with Crippen LogP contribution in [0.2, 0.25) is 0 Å². The van der Waals surface area contributed by atoms with Crippen LogP contribution < -0.4 is 9.64 Å². The van der Waals surface area contributed by atoms with E-state index in [1.807, 2.05) is 67.4 Å². The van der Waals surface area contributed by atoms with E-state index in [9.17, 15) is 0 Å². The summed E-state index contributed by atoms with van der Waals surface area (Å²) in [5.41, 5.74) is 1.92. The molecule has 4 nitrogen and oxygen atoms in total. The van der Waals surface area contributed by atoms with E-state index in [0.717, 1.165) is 28.2 Å². The van der Waals surface area contributed by atoms with E-state index in [4.69, 9.17) is 16.3 Å². The van der Waals surface area contributed by atoms with E-state index >= 15 is 0 Å². The maximum Gasteiger partial charge on any atom is 0.146 e. The predicted molar refractivity (Wildman–Crippen MR) is 94.8 cm³/mol. The predicted octanol–water partition coefficient (Wildman–Crippen LogP) is 4.54. The Balaban J connectivity index is 2.04. The molecule has 118 valence electrons. The molecule has 0 aliphatic heterocycles. The van der Waals surface area contributed by atoms with Gasteiger partial charge in [0.1, 0.15) is 17.4 Å². The fraction of sp³-hybridized carbons (Fsp3) is 0.222. The third-order valence-electron chi connectivity index (χ3n) is 3.60. The minimum atomic E-state index is 0.287. The normalized spacial score (nSPS) is 10.7. The third-order valence-corrected chi connectivity index (χ3v) is 3.84. The number of nitrogens with zero attached hydrogens (tertiary/aromatic N) is 3. The summed E-state index contributed by atoms with van der Waals surface area (Å²) in [6, 6.07) is 15.9. The molecule has 1 heterocycles. The molecule has 2 aromatic carbocycles. The van der Waals surface area contributed by atoms with Gasteiger partial charge in [0.05, 0.1) is 18.0 Å². The van der Waals surface area contributed by atoms with E-state index in [-0.39, 0.29) is 5.88 Å². The molecule has 0 unspecified atom stereocenters. The topological polar surface area (TPSA) is 38.2 Å². The average molecular weight is 328 g/mol. The molecule has 1 aromatic heterocycles. The van der Waals surface area contributed by atoms with Crippen molar-refractivity contribution in [3.8, 4) is 5.75 Å². The number of rotatable bonds is 5. The molecule has 0 aliphatic carbocycles. The zero-order valence-corrected chi connectivity index (χ0v) is 13.9. The van der Waals surface area contributed by atoms with Crippen molar-refractivity contribution >= 4 is 34.0 Å². The number of halogens is 1. The van der Waals surface area contributed by atoms with Crippen molar-refractivity contribution in [2.24, 2.45) is 0 Å². The van der Waals surface area contributed by atoms with E-state index < -0.39 is 0 Å². The molecule has 0 radical (unpaired) electrons. The van der Waals surface area contributed by atoms with E-state index in [1.54, 1.807) is 0 Å². The largest absolute Gasteiger partial charge is 0.494 e. The van der Waals surface area contributed by atoms with Crippen molar-refractivity contribution in [1.82, 2.24) is 9.97 Å². The first kappa shape index (κ1) is 15.6. The van der Waals surface area contributed by atoms with Gasteiger partial charge >= 0.3 is 0 Å². The molecule has 0 fully saturated rings. The SMILES string of the molecule is CCOc1ccc(N(C)c2nc(CCl)nc3ccccc23)cc1. The second kappa shape index (κ2) is 6.84. The summed E-state index contributed by atoms with van der Waals surface area (Å²) in [7, 11) is 1.99. The number of aromatic nitrogens is 2. The number of hydrogen-bond acceptors (Lipinski definition) is 4. The maximum atomic E-state index is 5.95. The number of anilines is 2. The molecule has 3 aromatic rings. The van der Waals surface area contributed by atoms with Gasteiger partial charge in [0, 0.05) is 18.1 Å². The second-order valence-electron chi connectivity index (χ2n) is 5.10. The lowest BCUT2D eigenvalue weighted by molar-refractivity contribution is 0.340. The molecule has 0 saturated heterocycles. The van der Waals surface area contributed by atoms with Crippen molar-refractivity contribution in [2.75, 3.05) is 18.6 Å². The smallest absolute Gasteiger partial charge is 0.146 e. The number of ether oxygens (including phenoxy) is 1. The Labute approximate surface area is 140 Å². The van der Waals surface area contributed by atoms with Crippen LogP contribution in [0.4, 0.5) is 11.5 Å². The van der Waals surface area contributed by atoms with E-state index in [0.29, 0.717) is 12.4 Å². The van der Waals surface area contributed by atoms with Crippen LogP contribution in [0.1, 0.15) is 12.7 Å². The van der Waals surface area contributed by atoms with Gasteiger partial charge in [-0.1, -0.05) is 12.1 Å². The Morgan fingerprint density at radius 1 is 1.04 bits per heavy atom. The first-order valence-corrected chi connectivity index (χ1v) is 8.04. The van der Waals surface area contributed by atoms with Crippen molar-refractivity contribution in [2.45, 2.75) is 12.8 Å². The van der Waals surface area contributed by atoms with Crippen LogP contribution in [0.5, 0.6) is 5.75 Å². The van der Waals surface area contributed by atoms with Crippen LogP contribution in [0.15, 0.2) is 48.5 Å². The highest BCUT2D eigenvalue weighted by Crippen LogP contribution is 2.30.